The van der Waals surface area contributed by atoms with Crippen molar-refractivity contribution >= 4 is 26.0 Å². The SMILES string of the molecule is O=S(=O)(Cc1ccccc1)NC1(CBr)CCOCC1. The number of nitrogens with one attached hydrogen (secondary N) is 1. The van der Waals surface area contributed by atoms with Crippen molar-refractivity contribution in [3.05, 3.63) is 35.9 Å². The molecule has 2 rings (SSSR count). The zero-order chi connectivity index (χ0) is 13.8. The Bertz CT molecular complexity index is 498. The maximum Gasteiger partial charge on any atom is 0.216 e. The second-order valence-corrected chi connectivity index (χ2v) is 7.16. The highest BCUT2D eigenvalue weighted by molar-refractivity contribution is 9.09. The molecule has 1 saturated heterocycles. The average molecular weight is 348 g/mol. The predicted octanol–water partition coefficient (Wildman–Crippen LogP) is 2.05. The Balaban J connectivity index is 2.07. The number of sulfonamides is 1. The van der Waals surface area contributed by atoms with Gasteiger partial charge in [-0.2, -0.15) is 0 Å². The fourth-order valence-corrected chi connectivity index (χ4v) is 4.71. The van der Waals surface area contributed by atoms with Crippen LogP contribution in [-0.4, -0.2) is 32.5 Å². The molecule has 0 aromatic heterocycles. The van der Waals surface area contributed by atoms with Gasteiger partial charge in [0.1, 0.15) is 0 Å². The summed E-state index contributed by atoms with van der Waals surface area (Å²) in [5, 5.41) is 0.609. The third kappa shape index (κ3) is 4.27. The lowest BCUT2D eigenvalue weighted by Crippen LogP contribution is -2.53. The summed E-state index contributed by atoms with van der Waals surface area (Å²) in [6.07, 6.45) is 1.40. The van der Waals surface area contributed by atoms with Crippen LogP contribution in [0.1, 0.15) is 18.4 Å². The molecule has 1 aromatic rings. The van der Waals surface area contributed by atoms with Crippen molar-refractivity contribution in [2.75, 3.05) is 18.5 Å². The molecule has 1 fully saturated rings. The summed E-state index contributed by atoms with van der Waals surface area (Å²) in [7, 11) is -3.34. The normalized spacial score (nSPS) is 19.2. The van der Waals surface area contributed by atoms with Crippen molar-refractivity contribution < 1.29 is 13.2 Å². The van der Waals surface area contributed by atoms with E-state index in [1.165, 1.54) is 0 Å². The van der Waals surface area contributed by atoms with Crippen LogP contribution in [0.2, 0.25) is 0 Å². The maximum atomic E-state index is 12.3. The van der Waals surface area contributed by atoms with Crippen molar-refractivity contribution in [1.29, 1.82) is 0 Å². The van der Waals surface area contributed by atoms with E-state index in [0.29, 0.717) is 31.4 Å². The molecule has 0 atom stereocenters. The first-order valence-electron chi connectivity index (χ1n) is 6.25. The van der Waals surface area contributed by atoms with Crippen LogP contribution < -0.4 is 4.72 Å². The van der Waals surface area contributed by atoms with Crippen LogP contribution >= 0.6 is 15.9 Å². The smallest absolute Gasteiger partial charge is 0.216 e. The second kappa shape index (κ2) is 6.35. The van der Waals surface area contributed by atoms with E-state index in [1.807, 2.05) is 30.3 Å². The van der Waals surface area contributed by atoms with Crippen LogP contribution in [0.4, 0.5) is 0 Å². The topological polar surface area (TPSA) is 55.4 Å². The molecule has 0 aliphatic carbocycles. The van der Waals surface area contributed by atoms with Crippen molar-refractivity contribution in [1.82, 2.24) is 4.72 Å². The summed E-state index contributed by atoms with van der Waals surface area (Å²) >= 11 is 3.42. The Labute approximate surface area is 122 Å². The maximum absolute atomic E-state index is 12.3. The molecule has 106 valence electrons. The molecule has 1 N–H and O–H groups in total. The molecule has 0 amide bonds. The van der Waals surface area contributed by atoms with Crippen LogP contribution in [0.3, 0.4) is 0 Å². The first-order chi connectivity index (χ1) is 9.05. The van der Waals surface area contributed by atoms with Crippen molar-refractivity contribution in [3.63, 3.8) is 0 Å². The molecule has 0 saturated carbocycles. The third-order valence-corrected chi connectivity index (χ3v) is 5.81. The lowest BCUT2D eigenvalue weighted by Gasteiger charge is -2.36. The Morgan fingerprint density at radius 1 is 1.21 bits per heavy atom. The third-order valence-electron chi connectivity index (χ3n) is 3.28. The number of benzene rings is 1. The van der Waals surface area contributed by atoms with Gasteiger partial charge in [0.05, 0.1) is 5.75 Å². The van der Waals surface area contributed by atoms with Crippen molar-refractivity contribution in [3.8, 4) is 0 Å². The van der Waals surface area contributed by atoms with Crippen molar-refractivity contribution in [2.24, 2.45) is 0 Å². The number of alkyl halides is 1. The fraction of sp³-hybridized carbons (Fsp3) is 0.538. The summed E-state index contributed by atoms with van der Waals surface area (Å²) < 4.78 is 32.7. The zero-order valence-corrected chi connectivity index (χ0v) is 13.0. The highest BCUT2D eigenvalue weighted by atomic mass is 79.9. The second-order valence-electron chi connectivity index (χ2n) is 4.87. The molecular weight excluding hydrogens is 330 g/mol. The summed E-state index contributed by atoms with van der Waals surface area (Å²) in [6.45, 7) is 1.19. The van der Waals surface area contributed by atoms with E-state index in [4.69, 9.17) is 4.74 Å². The Morgan fingerprint density at radius 3 is 2.42 bits per heavy atom. The molecule has 1 aliphatic rings. The first-order valence-corrected chi connectivity index (χ1v) is 9.02. The van der Waals surface area contributed by atoms with E-state index in [9.17, 15) is 8.42 Å². The van der Waals surface area contributed by atoms with E-state index in [0.717, 1.165) is 5.56 Å². The van der Waals surface area contributed by atoms with E-state index < -0.39 is 15.6 Å². The Hall–Kier alpha value is -0.430. The molecule has 0 radical (unpaired) electrons. The van der Waals surface area contributed by atoms with Crippen LogP contribution in [0.15, 0.2) is 30.3 Å². The minimum atomic E-state index is -3.34. The molecule has 0 bridgehead atoms. The van der Waals surface area contributed by atoms with Gasteiger partial charge in [-0.3, -0.25) is 0 Å². The summed E-state index contributed by atoms with van der Waals surface area (Å²) in [5.74, 6) is 0.0173. The highest BCUT2D eigenvalue weighted by Gasteiger charge is 2.35. The minimum absolute atomic E-state index is 0.0173. The molecule has 0 spiro atoms. The van der Waals surface area contributed by atoms with Gasteiger partial charge < -0.3 is 4.74 Å². The lowest BCUT2D eigenvalue weighted by atomic mass is 9.94. The molecule has 0 unspecified atom stereocenters. The molecule has 19 heavy (non-hydrogen) atoms. The Kier molecular flexibility index (Phi) is 5.00. The van der Waals surface area contributed by atoms with Crippen LogP contribution in [0, 0.1) is 0 Å². The van der Waals surface area contributed by atoms with E-state index in [-0.39, 0.29) is 5.75 Å². The number of rotatable bonds is 5. The van der Waals surface area contributed by atoms with Gasteiger partial charge in [0.2, 0.25) is 10.0 Å². The molecule has 1 heterocycles. The molecule has 6 heteroatoms. The van der Waals surface area contributed by atoms with E-state index >= 15 is 0 Å². The standard InChI is InChI=1S/C13H18BrNO3S/c14-11-13(6-8-18-9-7-13)15-19(16,17)10-12-4-2-1-3-5-12/h1-5,15H,6-11H2. The predicted molar refractivity (Wildman–Crippen MR) is 78.8 cm³/mol. The van der Waals surface area contributed by atoms with E-state index in [2.05, 4.69) is 20.7 Å². The number of hydrogen-bond acceptors (Lipinski definition) is 3. The van der Waals surface area contributed by atoms with Gasteiger partial charge in [0.15, 0.2) is 0 Å². The quantitative estimate of drug-likeness (QED) is 0.829. The number of hydrogen-bond donors (Lipinski definition) is 1. The van der Waals surface area contributed by atoms with Crippen LogP contribution in [0.25, 0.3) is 0 Å². The summed E-state index contributed by atoms with van der Waals surface area (Å²) in [6, 6.07) is 9.22. The fourth-order valence-electron chi connectivity index (χ4n) is 2.18. The largest absolute Gasteiger partial charge is 0.381 e. The lowest BCUT2D eigenvalue weighted by molar-refractivity contribution is 0.0557. The van der Waals surface area contributed by atoms with Gasteiger partial charge >= 0.3 is 0 Å². The van der Waals surface area contributed by atoms with Crippen LogP contribution in [0.5, 0.6) is 0 Å². The molecular formula is C13H18BrNO3S. The Morgan fingerprint density at radius 2 is 1.84 bits per heavy atom. The summed E-state index contributed by atoms with van der Waals surface area (Å²) in [4.78, 5) is 0. The van der Waals surface area contributed by atoms with Gasteiger partial charge in [0, 0.05) is 24.1 Å². The molecule has 1 aliphatic heterocycles. The van der Waals surface area contributed by atoms with Gasteiger partial charge in [-0.15, -0.1) is 0 Å². The molecule has 1 aromatic carbocycles. The van der Waals surface area contributed by atoms with Gasteiger partial charge in [0.25, 0.3) is 0 Å². The number of ether oxygens (including phenoxy) is 1. The van der Waals surface area contributed by atoms with Crippen molar-refractivity contribution in [2.45, 2.75) is 24.1 Å². The van der Waals surface area contributed by atoms with Gasteiger partial charge in [-0.1, -0.05) is 46.3 Å². The van der Waals surface area contributed by atoms with Gasteiger partial charge in [-0.25, -0.2) is 13.1 Å². The summed E-state index contributed by atoms with van der Waals surface area (Å²) in [5.41, 5.74) is 0.387. The molecule has 4 nitrogen and oxygen atoms in total. The van der Waals surface area contributed by atoms with Gasteiger partial charge in [-0.05, 0) is 18.4 Å². The minimum Gasteiger partial charge on any atom is -0.381 e. The van der Waals surface area contributed by atoms with E-state index in [1.54, 1.807) is 0 Å². The highest BCUT2D eigenvalue weighted by Crippen LogP contribution is 2.24. The number of halogens is 1. The monoisotopic (exact) mass is 347 g/mol. The average Bonchev–Trinajstić information content (AvgIpc) is 2.40. The zero-order valence-electron chi connectivity index (χ0n) is 10.6. The first kappa shape index (κ1) is 15.0. The van der Waals surface area contributed by atoms with Crippen LogP contribution in [-0.2, 0) is 20.5 Å².